The second kappa shape index (κ2) is 5.29. The molecule has 1 N–H and O–H groups in total. The van der Waals surface area contributed by atoms with Crippen molar-refractivity contribution in [2.75, 3.05) is 0 Å². The van der Waals surface area contributed by atoms with E-state index in [1.165, 1.54) is 22.6 Å². The Morgan fingerprint density at radius 1 is 1.43 bits per heavy atom. The van der Waals surface area contributed by atoms with E-state index in [1.807, 2.05) is 37.3 Å². The summed E-state index contributed by atoms with van der Waals surface area (Å²) in [6, 6.07) is 9.30. The fourth-order valence-electron chi connectivity index (χ4n) is 1.10. The van der Waals surface area contributed by atoms with E-state index in [2.05, 4.69) is 5.32 Å². The summed E-state index contributed by atoms with van der Waals surface area (Å²) in [6.45, 7) is 1.83. The summed E-state index contributed by atoms with van der Waals surface area (Å²) in [5.41, 5.74) is 0.970. The van der Waals surface area contributed by atoms with E-state index < -0.39 is 10.1 Å². The van der Waals surface area contributed by atoms with Gasteiger partial charge in [-0.2, -0.15) is 0 Å². The van der Waals surface area contributed by atoms with Crippen molar-refractivity contribution in [1.82, 2.24) is 5.32 Å². The molecule has 0 aliphatic rings. The topological polar surface area (TPSA) is 29.1 Å². The highest BCUT2D eigenvalue weighted by atomic mass is 127. The quantitative estimate of drug-likeness (QED) is 0.675. The highest BCUT2D eigenvalue weighted by Gasteiger charge is 2.15. The number of carbonyl (C=O) groups is 1. The normalized spacial score (nSPS) is 14.5. The molecule has 0 unspecified atom stereocenters. The van der Waals surface area contributed by atoms with Crippen LogP contribution in [0, 0.1) is 0 Å². The lowest BCUT2D eigenvalue weighted by atomic mass is 10.1. The molecule has 0 spiro atoms. The molecule has 0 heterocycles. The Hall–Kier alpha value is -0.650. The molecule has 0 aliphatic heterocycles. The molecule has 1 aromatic carbocycles. The maximum atomic E-state index is 12.5. The Morgan fingerprint density at radius 2 is 2.00 bits per heavy atom. The number of hydrogen-bond acceptors (Lipinski definition) is 1. The van der Waals surface area contributed by atoms with Crippen LogP contribution in [0.2, 0.25) is 0 Å². The van der Waals surface area contributed by atoms with Gasteiger partial charge in [0.05, 0.1) is 6.04 Å². The van der Waals surface area contributed by atoms with E-state index in [1.54, 1.807) is 0 Å². The molecular formula is C10H11FINO. The van der Waals surface area contributed by atoms with E-state index in [0.29, 0.717) is 0 Å². The van der Waals surface area contributed by atoms with Gasteiger partial charge in [-0.05, 0) is 35.1 Å². The first-order valence-corrected chi connectivity index (χ1v) is 5.49. The minimum absolute atomic E-state index is 0.156. The molecule has 76 valence electrons. The van der Waals surface area contributed by atoms with Crippen LogP contribution in [0.4, 0.5) is 4.39 Å². The minimum atomic E-state index is -1.49. The van der Waals surface area contributed by atoms with Crippen LogP contribution in [-0.2, 0) is 4.79 Å². The Bertz CT molecular complexity index is 302. The number of amides is 1. The summed E-state index contributed by atoms with van der Waals surface area (Å²) in [5.74, 6) is -0.582. The molecule has 1 amide bonds. The maximum Gasteiger partial charge on any atom is 0.265 e. The number of alkyl halides is 2. The van der Waals surface area contributed by atoms with Crippen molar-refractivity contribution in [3.05, 3.63) is 35.9 Å². The highest BCUT2D eigenvalue weighted by Crippen LogP contribution is 2.12. The maximum absolute atomic E-state index is 12.5. The number of benzene rings is 1. The third-order valence-corrected chi connectivity index (χ3v) is 2.42. The van der Waals surface area contributed by atoms with Crippen LogP contribution in [0.3, 0.4) is 0 Å². The highest BCUT2D eigenvalue weighted by molar-refractivity contribution is 14.1. The molecule has 4 heteroatoms. The monoisotopic (exact) mass is 307 g/mol. The zero-order valence-corrected chi connectivity index (χ0v) is 9.86. The lowest BCUT2D eigenvalue weighted by Gasteiger charge is -2.13. The van der Waals surface area contributed by atoms with E-state index in [4.69, 9.17) is 0 Å². The number of carbonyl (C=O) groups excluding carboxylic acids is 1. The van der Waals surface area contributed by atoms with Gasteiger partial charge in [-0.25, -0.2) is 4.39 Å². The summed E-state index contributed by atoms with van der Waals surface area (Å²) in [7, 11) is 0. The molecule has 0 saturated carbocycles. The average Bonchev–Trinajstić information content (AvgIpc) is 2.19. The smallest absolute Gasteiger partial charge is 0.265 e. The van der Waals surface area contributed by atoms with Gasteiger partial charge in [0.2, 0.25) is 4.18 Å². The molecule has 2 atom stereocenters. The molecule has 1 rings (SSSR count). The van der Waals surface area contributed by atoms with Gasteiger partial charge in [-0.15, -0.1) is 0 Å². The van der Waals surface area contributed by atoms with Crippen molar-refractivity contribution in [2.45, 2.75) is 17.1 Å². The summed E-state index contributed by atoms with van der Waals surface area (Å²) < 4.78 is 11.1. The zero-order valence-electron chi connectivity index (χ0n) is 7.71. The Morgan fingerprint density at radius 3 is 2.50 bits per heavy atom. The van der Waals surface area contributed by atoms with Crippen molar-refractivity contribution in [3.8, 4) is 0 Å². The molecule has 2 nitrogen and oxygen atoms in total. The predicted molar refractivity (Wildman–Crippen MR) is 61.9 cm³/mol. The number of hydrogen-bond donors (Lipinski definition) is 1. The number of halogens is 2. The molecule has 0 aromatic heterocycles. The Balaban J connectivity index is 2.59. The SMILES string of the molecule is C[C@H](NC(=O)[C@@H](F)I)c1ccccc1. The van der Waals surface area contributed by atoms with Crippen LogP contribution < -0.4 is 5.32 Å². The molecule has 0 radical (unpaired) electrons. The molecule has 14 heavy (non-hydrogen) atoms. The van der Waals surface area contributed by atoms with Crippen molar-refractivity contribution in [1.29, 1.82) is 0 Å². The van der Waals surface area contributed by atoms with Gasteiger partial charge >= 0.3 is 0 Å². The van der Waals surface area contributed by atoms with Gasteiger partial charge in [0.25, 0.3) is 5.91 Å². The molecule has 0 saturated heterocycles. The van der Waals surface area contributed by atoms with Gasteiger partial charge in [0.1, 0.15) is 0 Å². The van der Waals surface area contributed by atoms with Crippen molar-refractivity contribution >= 4 is 28.5 Å². The van der Waals surface area contributed by atoms with Crippen LogP contribution in [-0.4, -0.2) is 10.1 Å². The Labute approximate surface area is 96.0 Å². The van der Waals surface area contributed by atoms with Crippen molar-refractivity contribution in [2.24, 2.45) is 0 Å². The summed E-state index contributed by atoms with van der Waals surface area (Å²) in [4.78, 5) is 11.0. The van der Waals surface area contributed by atoms with Gasteiger partial charge in [-0.1, -0.05) is 30.3 Å². The van der Waals surface area contributed by atoms with E-state index in [0.717, 1.165) is 5.56 Å². The zero-order chi connectivity index (χ0) is 10.6. The second-order valence-electron chi connectivity index (χ2n) is 2.94. The lowest BCUT2D eigenvalue weighted by Crippen LogP contribution is -2.31. The third kappa shape index (κ3) is 3.25. The fraction of sp³-hybridized carbons (Fsp3) is 0.300. The van der Waals surface area contributed by atoms with Crippen LogP contribution in [0.1, 0.15) is 18.5 Å². The first-order chi connectivity index (χ1) is 6.61. The summed E-state index contributed by atoms with van der Waals surface area (Å²) in [5, 5.41) is 2.57. The molecule has 1 aromatic rings. The van der Waals surface area contributed by atoms with Gasteiger partial charge in [-0.3, -0.25) is 4.79 Å². The molecule has 0 bridgehead atoms. The van der Waals surface area contributed by atoms with Gasteiger partial charge in [0, 0.05) is 0 Å². The first-order valence-electron chi connectivity index (χ1n) is 4.24. The fourth-order valence-corrected chi connectivity index (χ4v) is 1.28. The largest absolute Gasteiger partial charge is 0.346 e. The van der Waals surface area contributed by atoms with Crippen LogP contribution in [0.5, 0.6) is 0 Å². The third-order valence-electron chi connectivity index (χ3n) is 1.86. The van der Waals surface area contributed by atoms with E-state index in [9.17, 15) is 9.18 Å². The van der Waals surface area contributed by atoms with Crippen LogP contribution >= 0.6 is 22.6 Å². The predicted octanol–water partition coefficient (Wildman–Crippen LogP) is 2.59. The minimum Gasteiger partial charge on any atom is -0.346 e. The average molecular weight is 307 g/mol. The number of rotatable bonds is 3. The molecule has 0 aliphatic carbocycles. The van der Waals surface area contributed by atoms with Crippen molar-refractivity contribution < 1.29 is 9.18 Å². The van der Waals surface area contributed by atoms with Crippen molar-refractivity contribution in [3.63, 3.8) is 0 Å². The molecule has 0 fully saturated rings. The Kier molecular flexibility index (Phi) is 4.31. The van der Waals surface area contributed by atoms with Crippen LogP contribution in [0.25, 0.3) is 0 Å². The van der Waals surface area contributed by atoms with Crippen LogP contribution in [0.15, 0.2) is 30.3 Å². The first kappa shape index (κ1) is 11.4. The lowest BCUT2D eigenvalue weighted by molar-refractivity contribution is -0.123. The van der Waals surface area contributed by atoms with Gasteiger partial charge in [0.15, 0.2) is 0 Å². The summed E-state index contributed by atoms with van der Waals surface area (Å²) >= 11 is 1.44. The van der Waals surface area contributed by atoms with E-state index >= 15 is 0 Å². The standard InChI is InChI=1S/C10H11FINO/c1-7(13-10(14)9(11)12)8-5-3-2-4-6-8/h2-7,9H,1H3,(H,13,14)/t7-,9-/m0/s1. The number of nitrogens with one attached hydrogen (secondary N) is 1. The van der Waals surface area contributed by atoms with E-state index in [-0.39, 0.29) is 6.04 Å². The second-order valence-corrected chi connectivity index (χ2v) is 4.04. The van der Waals surface area contributed by atoms with Gasteiger partial charge < -0.3 is 5.32 Å². The molecular weight excluding hydrogens is 296 g/mol. The summed E-state index contributed by atoms with van der Waals surface area (Å²) in [6.07, 6.45) is 0.